The highest BCUT2D eigenvalue weighted by Crippen LogP contribution is 2.49. The van der Waals surface area contributed by atoms with Crippen molar-refractivity contribution in [1.82, 2.24) is 0 Å². The molecule has 1 N–H and O–H groups in total. The zero-order valence-corrected chi connectivity index (χ0v) is 5.45. The molecule has 0 aromatic rings. The van der Waals surface area contributed by atoms with Gasteiger partial charge in [0, 0.05) is 21.3 Å². The van der Waals surface area contributed by atoms with Gasteiger partial charge in [-0.3, -0.25) is 4.57 Å². The zero-order chi connectivity index (χ0) is 5.21. The van der Waals surface area contributed by atoms with Gasteiger partial charge in [0.15, 0.2) is 0 Å². The summed E-state index contributed by atoms with van der Waals surface area (Å²) in [4.78, 5) is 8.18. The fraction of sp³-hybridized carbons (Fsp3) is 0. The Morgan fingerprint density at radius 1 is 2.00 bits per heavy atom. The molecule has 0 aliphatic carbocycles. The molecule has 0 heterocycles. The first kappa shape index (κ1) is 6.41. The number of halogens is 1. The summed E-state index contributed by atoms with van der Waals surface area (Å²) in [6.45, 7) is 3.07. The minimum absolute atomic E-state index is 0.965. The summed E-state index contributed by atoms with van der Waals surface area (Å²) in [5, 5.41) is 0. The van der Waals surface area contributed by atoms with E-state index in [-0.39, 0.29) is 0 Å². The van der Waals surface area contributed by atoms with Crippen molar-refractivity contribution in [2.45, 2.75) is 0 Å². The van der Waals surface area contributed by atoms with E-state index in [2.05, 4.69) is 22.1 Å². The van der Waals surface area contributed by atoms with Crippen molar-refractivity contribution in [2.24, 2.45) is 0 Å². The van der Waals surface area contributed by atoms with E-state index >= 15 is 0 Å². The maximum Gasteiger partial charge on any atom is 0.284 e. The lowest BCUT2D eigenvalue weighted by Gasteiger charge is -1.86. The van der Waals surface area contributed by atoms with Crippen LogP contribution in [0.3, 0.4) is 0 Å². The molecule has 0 bridgehead atoms. The largest absolute Gasteiger partial charge is 0.334 e. The van der Waals surface area contributed by atoms with Gasteiger partial charge in [-0.05, 0) is 0 Å². The second-order valence-electron chi connectivity index (χ2n) is 0.727. The average Bonchev–Trinajstić information content (AvgIpc) is 1.35. The molecule has 0 radical (unpaired) electrons. The van der Waals surface area contributed by atoms with Crippen molar-refractivity contribution in [3.05, 3.63) is 12.4 Å². The monoisotopic (exact) mass is 170 g/mol. The summed E-state index contributed by atoms with van der Waals surface area (Å²) in [7, 11) is 0. The quantitative estimate of drug-likeness (QED) is 0.609. The van der Waals surface area contributed by atoms with Gasteiger partial charge in [0.2, 0.25) is 0 Å². The topological polar surface area (TPSA) is 37.3 Å². The second-order valence-corrected chi connectivity index (χ2v) is 5.23. The number of hydrogen-bond acceptors (Lipinski definition) is 1. The van der Waals surface area contributed by atoms with Crippen LogP contribution in [0.1, 0.15) is 0 Å². The third-order valence-electron chi connectivity index (χ3n) is 0.225. The lowest BCUT2D eigenvalue weighted by Crippen LogP contribution is -1.50. The Hall–Kier alpha value is 0.410. The first-order valence-electron chi connectivity index (χ1n) is 1.22. The molecule has 0 rings (SSSR count). The molecular formula is C2H4BrO2P. The molecule has 0 aliphatic rings. The van der Waals surface area contributed by atoms with E-state index in [9.17, 15) is 4.57 Å². The Kier molecular flexibility index (Phi) is 2.05. The zero-order valence-electron chi connectivity index (χ0n) is 2.97. The molecule has 36 valence electrons. The molecule has 0 saturated carbocycles. The molecule has 1 atom stereocenters. The standard InChI is InChI=1S/C2H4BrO2P/c1-2-6(3,4)5/h2H,1H2,(H,4,5). The van der Waals surface area contributed by atoms with Gasteiger partial charge in [-0.1, -0.05) is 6.58 Å². The average molecular weight is 171 g/mol. The third kappa shape index (κ3) is 4.41. The smallest absolute Gasteiger partial charge is 0.284 e. The Morgan fingerprint density at radius 3 is 2.17 bits per heavy atom. The molecule has 0 fully saturated rings. The molecule has 2 nitrogen and oxygen atoms in total. The van der Waals surface area contributed by atoms with Crippen LogP contribution in [0.5, 0.6) is 0 Å². The van der Waals surface area contributed by atoms with Crippen LogP contribution in [0.25, 0.3) is 0 Å². The molecule has 0 aromatic carbocycles. The normalized spacial score (nSPS) is 19.0. The molecule has 0 saturated heterocycles. The van der Waals surface area contributed by atoms with Gasteiger partial charge in [0.1, 0.15) is 0 Å². The molecule has 0 aliphatic heterocycles. The predicted molar refractivity (Wildman–Crippen MR) is 28.9 cm³/mol. The highest BCUT2D eigenvalue weighted by molar-refractivity contribution is 9.40. The maximum atomic E-state index is 9.94. The van der Waals surface area contributed by atoms with E-state index in [0.717, 1.165) is 5.82 Å². The minimum atomic E-state index is -3.07. The summed E-state index contributed by atoms with van der Waals surface area (Å²) in [6.07, 6.45) is -3.07. The Bertz CT molecular complexity index is 93.7. The van der Waals surface area contributed by atoms with Crippen LogP contribution in [-0.2, 0) is 4.57 Å². The second kappa shape index (κ2) is 1.92. The Morgan fingerprint density at radius 2 is 2.17 bits per heavy atom. The molecular weight excluding hydrogens is 167 g/mol. The predicted octanol–water partition coefficient (Wildman–Crippen LogP) is 1.71. The van der Waals surface area contributed by atoms with Crippen molar-refractivity contribution >= 4 is 21.6 Å². The molecule has 0 aromatic heterocycles. The number of hydrogen-bond donors (Lipinski definition) is 1. The van der Waals surface area contributed by atoms with E-state index < -0.39 is 6.07 Å². The van der Waals surface area contributed by atoms with Gasteiger partial charge in [-0.2, -0.15) is 0 Å². The molecule has 0 amide bonds. The molecule has 4 heteroatoms. The van der Waals surface area contributed by atoms with Gasteiger partial charge in [-0.25, -0.2) is 0 Å². The molecule has 0 spiro atoms. The third-order valence-corrected chi connectivity index (χ3v) is 1.54. The molecule has 6 heavy (non-hydrogen) atoms. The van der Waals surface area contributed by atoms with Gasteiger partial charge in [0.05, 0.1) is 0 Å². The van der Waals surface area contributed by atoms with Crippen LogP contribution in [0.4, 0.5) is 0 Å². The lowest BCUT2D eigenvalue weighted by molar-refractivity contribution is 0.508. The number of rotatable bonds is 1. The first-order valence-corrected chi connectivity index (χ1v) is 4.97. The van der Waals surface area contributed by atoms with Crippen molar-refractivity contribution in [3.63, 3.8) is 0 Å². The summed E-state index contributed by atoms with van der Waals surface area (Å²) >= 11 is 2.47. The van der Waals surface area contributed by atoms with Crippen molar-refractivity contribution in [2.75, 3.05) is 0 Å². The summed E-state index contributed by atoms with van der Waals surface area (Å²) in [5.74, 6) is 0.965. The van der Waals surface area contributed by atoms with Crippen molar-refractivity contribution < 1.29 is 9.46 Å². The fourth-order valence-electron chi connectivity index (χ4n) is 0. The highest BCUT2D eigenvalue weighted by atomic mass is 79.9. The highest BCUT2D eigenvalue weighted by Gasteiger charge is 2.00. The van der Waals surface area contributed by atoms with Crippen LogP contribution in [0.15, 0.2) is 12.4 Å². The minimum Gasteiger partial charge on any atom is -0.334 e. The van der Waals surface area contributed by atoms with E-state index in [1.54, 1.807) is 0 Å². The van der Waals surface area contributed by atoms with Crippen LogP contribution < -0.4 is 0 Å². The fourth-order valence-corrected chi connectivity index (χ4v) is 0. The Balaban J connectivity index is 3.81. The van der Waals surface area contributed by atoms with Crippen molar-refractivity contribution in [1.29, 1.82) is 0 Å². The van der Waals surface area contributed by atoms with E-state index in [0.29, 0.717) is 0 Å². The van der Waals surface area contributed by atoms with Crippen LogP contribution in [0, 0.1) is 0 Å². The van der Waals surface area contributed by atoms with Gasteiger partial charge >= 0.3 is 0 Å². The summed E-state index contributed by atoms with van der Waals surface area (Å²) in [6, 6.07) is 0. The first-order chi connectivity index (χ1) is 2.56. The van der Waals surface area contributed by atoms with Crippen molar-refractivity contribution in [3.8, 4) is 0 Å². The molecule has 1 unspecified atom stereocenters. The lowest BCUT2D eigenvalue weighted by atomic mass is 11.3. The van der Waals surface area contributed by atoms with Gasteiger partial charge in [0.25, 0.3) is 6.07 Å². The van der Waals surface area contributed by atoms with Gasteiger partial charge < -0.3 is 4.89 Å². The summed E-state index contributed by atoms with van der Waals surface area (Å²) < 4.78 is 9.94. The Labute approximate surface area is 44.1 Å². The summed E-state index contributed by atoms with van der Waals surface area (Å²) in [5.41, 5.74) is 0. The van der Waals surface area contributed by atoms with Crippen LogP contribution in [0.2, 0.25) is 0 Å². The van der Waals surface area contributed by atoms with E-state index in [1.807, 2.05) is 0 Å². The van der Waals surface area contributed by atoms with E-state index in [1.165, 1.54) is 0 Å². The van der Waals surface area contributed by atoms with Gasteiger partial charge in [-0.15, -0.1) is 0 Å². The maximum absolute atomic E-state index is 9.94. The van der Waals surface area contributed by atoms with Crippen LogP contribution >= 0.6 is 21.6 Å². The SMILES string of the molecule is C=CP(=O)(O)Br. The van der Waals surface area contributed by atoms with Crippen LogP contribution in [-0.4, -0.2) is 4.89 Å². The van der Waals surface area contributed by atoms with E-state index in [4.69, 9.17) is 4.89 Å².